The lowest BCUT2D eigenvalue weighted by Gasteiger charge is -2.59. The Morgan fingerprint density at radius 1 is 1.12 bits per heavy atom. The summed E-state index contributed by atoms with van der Waals surface area (Å²) in [6.45, 7) is 8.57. The number of hydrogen-bond donors (Lipinski definition) is 3. The molecule has 322 valence electrons. The van der Waals surface area contributed by atoms with E-state index < -0.39 is 34.9 Å². The second-order valence-electron chi connectivity index (χ2n) is 14.9. The first kappa shape index (κ1) is 45.4. The SMILES string of the molecule is C=CCO[C@@]12Oc3ccc(OC(=O)NCC)cc3[C@H]3[C@H](CCCCO)[C@@H](CCCCO)C=C(C(=NOCc4ccc([N+](=O)[O-])cc4)C[C@@H]1N(CCC)C(=O)OCCCl)[C@H]32. The van der Waals surface area contributed by atoms with Crippen molar-refractivity contribution >= 4 is 35.2 Å². The number of amides is 2. The summed E-state index contributed by atoms with van der Waals surface area (Å²) in [4.78, 5) is 45.3. The molecule has 1 aliphatic heterocycles. The van der Waals surface area contributed by atoms with Gasteiger partial charge in [0.2, 0.25) is 5.79 Å². The van der Waals surface area contributed by atoms with Gasteiger partial charge in [-0.2, -0.15) is 0 Å². The maximum Gasteiger partial charge on any atom is 0.412 e. The van der Waals surface area contributed by atoms with E-state index >= 15 is 0 Å². The molecule has 0 aromatic heterocycles. The van der Waals surface area contributed by atoms with Crippen LogP contribution < -0.4 is 14.8 Å². The summed E-state index contributed by atoms with van der Waals surface area (Å²) in [5, 5.41) is 38.4. The van der Waals surface area contributed by atoms with Crippen molar-refractivity contribution in [3.63, 3.8) is 0 Å². The van der Waals surface area contributed by atoms with Crippen LogP contribution in [0.1, 0.15) is 82.3 Å². The van der Waals surface area contributed by atoms with Crippen molar-refractivity contribution < 1.29 is 48.5 Å². The number of nitro benzene ring substituents is 1. The zero-order chi connectivity index (χ0) is 42.4. The number of benzene rings is 2. The highest BCUT2D eigenvalue weighted by Crippen LogP contribution is 2.62. The van der Waals surface area contributed by atoms with E-state index in [2.05, 4.69) is 18.0 Å². The second-order valence-corrected chi connectivity index (χ2v) is 15.3. The summed E-state index contributed by atoms with van der Waals surface area (Å²) in [5.74, 6) is -1.58. The van der Waals surface area contributed by atoms with Gasteiger partial charge in [-0.25, -0.2) is 9.59 Å². The van der Waals surface area contributed by atoms with Crippen LogP contribution in [0.5, 0.6) is 11.5 Å². The molecule has 59 heavy (non-hydrogen) atoms. The number of non-ortho nitro benzene ring substituents is 1. The van der Waals surface area contributed by atoms with Crippen LogP contribution in [0, 0.1) is 27.9 Å². The molecule has 2 aliphatic carbocycles. The number of nitrogens with one attached hydrogen (secondary N) is 1. The minimum Gasteiger partial charge on any atom is -0.459 e. The number of carbonyl (C=O) groups is 2. The Kier molecular flexibility index (Phi) is 17.0. The van der Waals surface area contributed by atoms with E-state index in [1.54, 1.807) is 42.2 Å². The highest BCUT2D eigenvalue weighted by atomic mass is 35.5. The maximum atomic E-state index is 14.1. The van der Waals surface area contributed by atoms with E-state index in [4.69, 9.17) is 40.5 Å². The Balaban J connectivity index is 1.75. The van der Waals surface area contributed by atoms with Crippen LogP contribution in [0.2, 0.25) is 0 Å². The lowest BCUT2D eigenvalue weighted by molar-refractivity contribution is -0.384. The number of aliphatic hydroxyl groups excluding tert-OH is 2. The molecule has 0 saturated heterocycles. The number of unbranched alkanes of at least 4 members (excludes halogenated alkanes) is 2. The zero-order valence-electron chi connectivity index (χ0n) is 33.9. The number of nitro groups is 1. The number of halogens is 1. The van der Waals surface area contributed by atoms with Crippen LogP contribution in [0.3, 0.4) is 0 Å². The fourth-order valence-electron chi connectivity index (χ4n) is 8.72. The van der Waals surface area contributed by atoms with E-state index in [1.165, 1.54) is 12.1 Å². The molecule has 1 fully saturated rings. The Labute approximate surface area is 350 Å². The summed E-state index contributed by atoms with van der Waals surface area (Å²) in [6, 6.07) is 10.5. The van der Waals surface area contributed by atoms with Crippen LogP contribution in [0.25, 0.3) is 0 Å². The van der Waals surface area contributed by atoms with Crippen molar-refractivity contribution in [1.29, 1.82) is 0 Å². The molecular weight excluding hydrogens is 784 g/mol. The molecule has 1 heterocycles. The highest BCUT2D eigenvalue weighted by molar-refractivity contribution is 6.18. The third-order valence-electron chi connectivity index (χ3n) is 11.1. The van der Waals surface area contributed by atoms with Crippen molar-refractivity contribution in [2.45, 2.75) is 89.6 Å². The number of aliphatic hydroxyl groups is 2. The lowest BCUT2D eigenvalue weighted by atomic mass is 9.55. The normalized spacial score (nSPS) is 23.5. The molecule has 0 radical (unpaired) electrons. The van der Waals surface area contributed by atoms with E-state index in [9.17, 15) is 29.9 Å². The Morgan fingerprint density at radius 2 is 1.86 bits per heavy atom. The molecule has 6 atom stereocenters. The van der Waals surface area contributed by atoms with Gasteiger partial charge in [0.1, 0.15) is 30.8 Å². The van der Waals surface area contributed by atoms with Gasteiger partial charge in [0.25, 0.3) is 5.69 Å². The van der Waals surface area contributed by atoms with Crippen molar-refractivity contribution in [3.05, 3.63) is 88.0 Å². The van der Waals surface area contributed by atoms with Gasteiger partial charge in [0, 0.05) is 56.3 Å². The number of rotatable bonds is 22. The summed E-state index contributed by atoms with van der Waals surface area (Å²) in [7, 11) is 0. The predicted molar refractivity (Wildman–Crippen MR) is 222 cm³/mol. The molecule has 2 amide bonds. The topological polar surface area (TPSA) is 192 Å². The number of ether oxygens (including phenoxy) is 4. The monoisotopic (exact) mass is 840 g/mol. The Hall–Kier alpha value is -4.70. The lowest BCUT2D eigenvalue weighted by Crippen LogP contribution is -2.70. The van der Waals surface area contributed by atoms with E-state index in [0.29, 0.717) is 48.6 Å². The largest absolute Gasteiger partial charge is 0.459 e. The average molecular weight is 841 g/mol. The number of nitrogens with zero attached hydrogens (tertiary/aromatic N) is 3. The third-order valence-corrected chi connectivity index (χ3v) is 11.3. The molecule has 1 saturated carbocycles. The van der Waals surface area contributed by atoms with Crippen molar-refractivity contribution in [1.82, 2.24) is 10.2 Å². The van der Waals surface area contributed by atoms with Gasteiger partial charge in [-0.3, -0.25) is 15.0 Å². The van der Waals surface area contributed by atoms with Gasteiger partial charge in [0.05, 0.1) is 29.0 Å². The quantitative estimate of drug-likeness (QED) is 0.0347. The Bertz CT molecular complexity index is 1810. The number of alkyl halides is 1. The first-order valence-electron chi connectivity index (χ1n) is 20.5. The van der Waals surface area contributed by atoms with Gasteiger partial charge in [0.15, 0.2) is 0 Å². The molecule has 2 aromatic rings. The van der Waals surface area contributed by atoms with Crippen LogP contribution in [0.4, 0.5) is 15.3 Å². The maximum absolute atomic E-state index is 14.1. The van der Waals surface area contributed by atoms with Gasteiger partial charge >= 0.3 is 12.2 Å². The fourth-order valence-corrected chi connectivity index (χ4v) is 8.80. The van der Waals surface area contributed by atoms with Crippen molar-refractivity contribution in [2.24, 2.45) is 22.9 Å². The molecule has 0 unspecified atom stereocenters. The van der Waals surface area contributed by atoms with Crippen LogP contribution >= 0.6 is 11.6 Å². The third kappa shape index (κ3) is 10.7. The van der Waals surface area contributed by atoms with Gasteiger partial charge in [-0.15, -0.1) is 18.2 Å². The summed E-state index contributed by atoms with van der Waals surface area (Å²) < 4.78 is 25.5. The molecular formula is C43H57ClN4O11. The van der Waals surface area contributed by atoms with E-state index in [-0.39, 0.29) is 75.3 Å². The summed E-state index contributed by atoms with van der Waals surface area (Å²) >= 11 is 5.99. The second kappa shape index (κ2) is 22.1. The number of fused-ring (bicyclic) bond motifs is 2. The molecule has 0 spiro atoms. The predicted octanol–water partition coefficient (Wildman–Crippen LogP) is 7.62. The molecule has 16 heteroatoms. The standard InChI is InChI=1S/C43H57ClN4O11/c1-4-20-47(42(52)55-24-19-44)38-27-36(46-57-28-29-13-15-31(16-14-29)48(53)54)34-25-30(11-7-9-21-49)33(12-8-10-22-50)39-35-26-32(58-41(51)45-6-3)17-18-37(35)59-43(38,40(34)39)56-23-5-2/h5,13-18,25-26,30,33,38-40,49-50H,2,4,6-12,19-24,27-28H2,1,3H3,(H,45,51)/t30-,33+,38-,39+,40+,43+/m0/s1. The van der Waals surface area contributed by atoms with Gasteiger partial charge in [-0.05, 0) is 92.3 Å². The minimum atomic E-state index is -1.50. The fraction of sp³-hybridized carbons (Fsp3) is 0.558. The highest BCUT2D eigenvalue weighted by Gasteiger charge is 2.65. The van der Waals surface area contributed by atoms with E-state index in [0.717, 1.165) is 36.8 Å². The number of allylic oxidation sites excluding steroid dienone is 1. The van der Waals surface area contributed by atoms with Crippen LogP contribution in [-0.2, 0) is 20.9 Å². The molecule has 0 bridgehead atoms. The molecule has 2 aromatic carbocycles. The number of hydrogen-bond acceptors (Lipinski definition) is 12. The van der Waals surface area contributed by atoms with Gasteiger partial charge in [-0.1, -0.05) is 37.1 Å². The summed E-state index contributed by atoms with van der Waals surface area (Å²) in [6.07, 6.45) is 7.56. The van der Waals surface area contributed by atoms with E-state index in [1.807, 2.05) is 13.0 Å². The molecule has 15 nitrogen and oxygen atoms in total. The minimum absolute atomic E-state index is 0.00906. The number of carbonyl (C=O) groups excluding carboxylic acids is 2. The molecule has 5 rings (SSSR count). The zero-order valence-corrected chi connectivity index (χ0v) is 34.6. The summed E-state index contributed by atoms with van der Waals surface area (Å²) in [5.41, 5.74) is 2.81. The number of oxime groups is 1. The van der Waals surface area contributed by atoms with Crippen LogP contribution in [0.15, 0.2) is 71.9 Å². The first-order valence-corrected chi connectivity index (χ1v) is 21.1. The molecule has 3 aliphatic rings. The van der Waals surface area contributed by atoms with Gasteiger partial charge < -0.3 is 39.3 Å². The van der Waals surface area contributed by atoms with Crippen molar-refractivity contribution in [2.75, 3.05) is 45.4 Å². The van der Waals surface area contributed by atoms with Crippen LogP contribution in [-0.4, -0.2) is 95.2 Å². The Morgan fingerprint density at radius 3 is 2.53 bits per heavy atom. The smallest absolute Gasteiger partial charge is 0.412 e. The molecule has 3 N–H and O–H groups in total. The average Bonchev–Trinajstić information content (AvgIpc) is 3.23. The van der Waals surface area contributed by atoms with Crippen molar-refractivity contribution in [3.8, 4) is 11.5 Å². The first-order chi connectivity index (χ1) is 28.7.